The van der Waals surface area contributed by atoms with Crippen molar-refractivity contribution in [1.29, 1.82) is 0 Å². The van der Waals surface area contributed by atoms with Gasteiger partial charge in [0.05, 0.1) is 0 Å². The van der Waals surface area contributed by atoms with Crippen LogP contribution in [0, 0.1) is 12.8 Å². The number of hydrogen-bond donors (Lipinski definition) is 1. The van der Waals surface area contributed by atoms with E-state index in [-0.39, 0.29) is 11.7 Å². The summed E-state index contributed by atoms with van der Waals surface area (Å²) in [7, 11) is 0. The zero-order valence-corrected chi connectivity index (χ0v) is 9.69. The van der Waals surface area contributed by atoms with E-state index in [1.54, 1.807) is 0 Å². The summed E-state index contributed by atoms with van der Waals surface area (Å²) in [5.74, 6) is 0.949. The third-order valence-electron chi connectivity index (χ3n) is 3.21. The van der Waals surface area contributed by atoms with Crippen LogP contribution in [0.1, 0.15) is 22.7 Å². The van der Waals surface area contributed by atoms with Gasteiger partial charge < -0.3 is 9.73 Å². The highest BCUT2D eigenvalue weighted by Gasteiger charge is 2.23. The molecule has 0 spiro atoms. The summed E-state index contributed by atoms with van der Waals surface area (Å²) in [5.41, 5.74) is 2.24. The SMILES string of the molecule is Cc1nc2cc(C(=O)C3CCNC3)ccc2o1. The Morgan fingerprint density at radius 3 is 3.18 bits per heavy atom. The van der Waals surface area contributed by atoms with Crippen molar-refractivity contribution in [3.63, 3.8) is 0 Å². The minimum absolute atomic E-state index is 0.112. The molecule has 0 radical (unpaired) electrons. The smallest absolute Gasteiger partial charge is 0.192 e. The highest BCUT2D eigenvalue weighted by atomic mass is 16.3. The number of nitrogens with one attached hydrogen (secondary N) is 1. The first-order valence-corrected chi connectivity index (χ1v) is 5.86. The van der Waals surface area contributed by atoms with Gasteiger partial charge in [0.15, 0.2) is 17.3 Å². The second kappa shape index (κ2) is 3.96. The third-order valence-corrected chi connectivity index (χ3v) is 3.21. The molecule has 0 bridgehead atoms. The summed E-state index contributed by atoms with van der Waals surface area (Å²) in [4.78, 5) is 16.4. The molecule has 4 nitrogen and oxygen atoms in total. The highest BCUT2D eigenvalue weighted by molar-refractivity contribution is 6.00. The van der Waals surface area contributed by atoms with Crippen molar-refractivity contribution < 1.29 is 9.21 Å². The van der Waals surface area contributed by atoms with Gasteiger partial charge >= 0.3 is 0 Å². The van der Waals surface area contributed by atoms with Crippen molar-refractivity contribution in [3.8, 4) is 0 Å². The molecule has 1 aliphatic heterocycles. The van der Waals surface area contributed by atoms with Crippen LogP contribution in [0.5, 0.6) is 0 Å². The Kier molecular flexibility index (Phi) is 2.44. The van der Waals surface area contributed by atoms with E-state index in [1.165, 1.54) is 0 Å². The molecule has 1 fully saturated rings. The molecule has 1 N–H and O–H groups in total. The monoisotopic (exact) mass is 230 g/mol. The molecule has 2 heterocycles. The summed E-state index contributed by atoms with van der Waals surface area (Å²) in [6, 6.07) is 5.48. The maximum atomic E-state index is 12.2. The average Bonchev–Trinajstić information content (AvgIpc) is 2.94. The molecule has 1 aromatic heterocycles. The molecule has 0 amide bonds. The van der Waals surface area contributed by atoms with Crippen LogP contribution in [0.4, 0.5) is 0 Å². The molecular weight excluding hydrogens is 216 g/mol. The predicted octanol–water partition coefficient (Wildman–Crippen LogP) is 1.93. The van der Waals surface area contributed by atoms with E-state index < -0.39 is 0 Å². The van der Waals surface area contributed by atoms with Crippen LogP contribution >= 0.6 is 0 Å². The van der Waals surface area contributed by atoms with Crippen LogP contribution in [0.3, 0.4) is 0 Å². The number of benzene rings is 1. The molecule has 1 aromatic carbocycles. The number of oxazole rings is 1. The highest BCUT2D eigenvalue weighted by Crippen LogP contribution is 2.20. The Bertz CT molecular complexity index is 568. The van der Waals surface area contributed by atoms with E-state index in [2.05, 4.69) is 10.3 Å². The minimum atomic E-state index is 0.112. The van der Waals surface area contributed by atoms with Gasteiger partial charge in [0.25, 0.3) is 0 Å². The first-order valence-electron chi connectivity index (χ1n) is 5.86. The lowest BCUT2D eigenvalue weighted by Crippen LogP contribution is -2.17. The topological polar surface area (TPSA) is 55.1 Å². The quantitative estimate of drug-likeness (QED) is 0.801. The van der Waals surface area contributed by atoms with Gasteiger partial charge in [-0.1, -0.05) is 0 Å². The van der Waals surface area contributed by atoms with Gasteiger partial charge in [0.2, 0.25) is 0 Å². The molecule has 4 heteroatoms. The summed E-state index contributed by atoms with van der Waals surface area (Å²) in [5, 5.41) is 3.21. The zero-order chi connectivity index (χ0) is 11.8. The van der Waals surface area contributed by atoms with Crippen LogP contribution in [-0.4, -0.2) is 23.9 Å². The van der Waals surface area contributed by atoms with Gasteiger partial charge in [-0.15, -0.1) is 0 Å². The summed E-state index contributed by atoms with van der Waals surface area (Å²) < 4.78 is 5.39. The number of rotatable bonds is 2. The average molecular weight is 230 g/mol. The number of carbonyl (C=O) groups excluding carboxylic acids is 1. The number of Topliss-reactive ketones (excluding diaryl/α,β-unsaturated/α-hetero) is 1. The number of nitrogens with zero attached hydrogens (tertiary/aromatic N) is 1. The second-order valence-electron chi connectivity index (χ2n) is 4.47. The van der Waals surface area contributed by atoms with Crippen molar-refractivity contribution in [2.45, 2.75) is 13.3 Å². The zero-order valence-electron chi connectivity index (χ0n) is 9.69. The van der Waals surface area contributed by atoms with E-state index in [0.717, 1.165) is 36.2 Å². The Morgan fingerprint density at radius 1 is 1.53 bits per heavy atom. The van der Waals surface area contributed by atoms with E-state index in [9.17, 15) is 4.79 Å². The van der Waals surface area contributed by atoms with Crippen molar-refractivity contribution in [2.24, 2.45) is 5.92 Å². The van der Waals surface area contributed by atoms with Gasteiger partial charge in [-0.3, -0.25) is 4.79 Å². The maximum absolute atomic E-state index is 12.2. The molecule has 1 saturated heterocycles. The predicted molar refractivity (Wildman–Crippen MR) is 64.1 cm³/mol. The largest absolute Gasteiger partial charge is 0.441 e. The van der Waals surface area contributed by atoms with Gasteiger partial charge in [-0.05, 0) is 31.2 Å². The van der Waals surface area contributed by atoms with Crippen LogP contribution in [0.2, 0.25) is 0 Å². The summed E-state index contributed by atoms with van der Waals surface area (Å²) >= 11 is 0. The third kappa shape index (κ3) is 1.85. The maximum Gasteiger partial charge on any atom is 0.192 e. The van der Waals surface area contributed by atoms with Gasteiger partial charge in [-0.25, -0.2) is 4.98 Å². The van der Waals surface area contributed by atoms with Crippen molar-refractivity contribution in [2.75, 3.05) is 13.1 Å². The van der Waals surface area contributed by atoms with E-state index in [4.69, 9.17) is 4.42 Å². The van der Waals surface area contributed by atoms with E-state index in [1.807, 2.05) is 25.1 Å². The Labute approximate surface area is 99.0 Å². The summed E-state index contributed by atoms with van der Waals surface area (Å²) in [6.07, 6.45) is 0.925. The Hall–Kier alpha value is -1.68. The molecule has 1 aliphatic rings. The van der Waals surface area contributed by atoms with Gasteiger partial charge in [0, 0.05) is 24.9 Å². The number of aryl methyl sites for hydroxylation is 1. The molecule has 0 saturated carbocycles. The van der Waals surface area contributed by atoms with Gasteiger partial charge in [-0.2, -0.15) is 0 Å². The lowest BCUT2D eigenvalue weighted by Gasteiger charge is -2.06. The Morgan fingerprint density at radius 2 is 2.41 bits per heavy atom. The van der Waals surface area contributed by atoms with Crippen LogP contribution in [-0.2, 0) is 0 Å². The molecule has 1 unspecified atom stereocenters. The van der Waals surface area contributed by atoms with Crippen LogP contribution in [0.15, 0.2) is 22.6 Å². The van der Waals surface area contributed by atoms with Gasteiger partial charge in [0.1, 0.15) is 5.52 Å². The normalized spacial score (nSPS) is 19.9. The number of fused-ring (bicyclic) bond motifs is 1. The minimum Gasteiger partial charge on any atom is -0.441 e. The van der Waals surface area contributed by atoms with Crippen molar-refractivity contribution in [3.05, 3.63) is 29.7 Å². The van der Waals surface area contributed by atoms with Crippen molar-refractivity contribution in [1.82, 2.24) is 10.3 Å². The molecule has 17 heavy (non-hydrogen) atoms. The fourth-order valence-electron chi connectivity index (χ4n) is 2.31. The lowest BCUT2D eigenvalue weighted by atomic mass is 9.97. The fourth-order valence-corrected chi connectivity index (χ4v) is 2.31. The first-order chi connectivity index (χ1) is 8.24. The van der Waals surface area contributed by atoms with E-state index >= 15 is 0 Å². The first kappa shape index (κ1) is 10.5. The Balaban J connectivity index is 1.96. The van der Waals surface area contributed by atoms with Crippen molar-refractivity contribution >= 4 is 16.9 Å². The second-order valence-corrected chi connectivity index (χ2v) is 4.47. The standard InChI is InChI=1S/C13H14N2O2/c1-8-15-11-6-9(2-3-12(11)17-8)13(16)10-4-5-14-7-10/h2-3,6,10,14H,4-5,7H2,1H3. The molecule has 88 valence electrons. The summed E-state index contributed by atoms with van der Waals surface area (Å²) in [6.45, 7) is 3.53. The molecular formula is C13H14N2O2. The van der Waals surface area contributed by atoms with Crippen LogP contribution in [0.25, 0.3) is 11.1 Å². The van der Waals surface area contributed by atoms with E-state index in [0.29, 0.717) is 5.89 Å². The lowest BCUT2D eigenvalue weighted by molar-refractivity contribution is 0.0930. The molecule has 2 aromatic rings. The molecule has 3 rings (SSSR count). The fraction of sp³-hybridized carbons (Fsp3) is 0.385. The number of aromatic nitrogens is 1. The van der Waals surface area contributed by atoms with Crippen LogP contribution < -0.4 is 5.32 Å². The number of ketones is 1. The molecule has 0 aliphatic carbocycles. The number of hydrogen-bond acceptors (Lipinski definition) is 4. The number of carbonyl (C=O) groups is 1. The molecule has 1 atom stereocenters.